The Morgan fingerprint density at radius 3 is 2.76 bits per heavy atom. The van der Waals surface area contributed by atoms with Gasteiger partial charge in [0.25, 0.3) is 5.91 Å². The molecule has 5 rings (SSSR count). The van der Waals surface area contributed by atoms with Crippen LogP contribution in [0.4, 0.5) is 11.4 Å². The number of fused-ring (bicyclic) bond motifs is 1. The van der Waals surface area contributed by atoms with E-state index in [2.05, 4.69) is 20.6 Å². The summed E-state index contributed by atoms with van der Waals surface area (Å²) in [6, 6.07) is 17.5. The Morgan fingerprint density at radius 1 is 1.03 bits per heavy atom. The number of hydrogen-bond donors (Lipinski definition) is 1. The fourth-order valence-corrected chi connectivity index (χ4v) is 3.86. The molecule has 0 spiro atoms. The Bertz CT molecular complexity index is 1140. The number of pyridine rings is 2. The fraction of sp³-hybridized carbons (Fsp3) is 0.182. The Hall–Kier alpha value is -3.74. The number of aromatic nitrogens is 4. The van der Waals surface area contributed by atoms with E-state index in [1.807, 2.05) is 53.6 Å². The molecule has 1 aliphatic rings. The number of benzene rings is 1. The van der Waals surface area contributed by atoms with E-state index in [0.29, 0.717) is 12.1 Å². The van der Waals surface area contributed by atoms with E-state index in [1.54, 1.807) is 29.0 Å². The summed E-state index contributed by atoms with van der Waals surface area (Å²) >= 11 is 0. The van der Waals surface area contributed by atoms with Crippen molar-refractivity contribution in [1.82, 2.24) is 24.7 Å². The van der Waals surface area contributed by atoms with Crippen molar-refractivity contribution in [2.45, 2.75) is 18.9 Å². The predicted octanol–water partition coefficient (Wildman–Crippen LogP) is 3.85. The van der Waals surface area contributed by atoms with Gasteiger partial charge in [0, 0.05) is 24.6 Å². The number of rotatable bonds is 4. The standard InChI is InChI=1S/C22H20N6O/c29-22(16-6-4-12-23-14-16)27-13-5-9-19(27)21-20-11-10-18(15-28(20)26-25-21)24-17-7-2-1-3-8-17/h1-4,6-8,10-12,14-15,19,24H,5,9,13H2/t19-/m1/s1. The van der Waals surface area contributed by atoms with E-state index in [9.17, 15) is 4.79 Å². The van der Waals surface area contributed by atoms with Gasteiger partial charge in [-0.05, 0) is 49.2 Å². The number of carbonyl (C=O) groups is 1. The molecule has 7 nitrogen and oxygen atoms in total. The summed E-state index contributed by atoms with van der Waals surface area (Å²) in [5.74, 6) is -0.0101. The van der Waals surface area contributed by atoms with Crippen molar-refractivity contribution < 1.29 is 4.79 Å². The zero-order valence-corrected chi connectivity index (χ0v) is 15.8. The highest BCUT2D eigenvalue weighted by Crippen LogP contribution is 2.34. The minimum atomic E-state index is -0.0758. The van der Waals surface area contributed by atoms with Crippen molar-refractivity contribution in [3.8, 4) is 0 Å². The fourth-order valence-electron chi connectivity index (χ4n) is 3.86. The molecule has 3 aromatic heterocycles. The molecular weight excluding hydrogens is 364 g/mol. The van der Waals surface area contributed by atoms with Crippen LogP contribution in [0, 0.1) is 0 Å². The number of likely N-dealkylation sites (tertiary alicyclic amines) is 1. The van der Waals surface area contributed by atoms with Crippen LogP contribution in [-0.4, -0.2) is 37.2 Å². The van der Waals surface area contributed by atoms with E-state index in [4.69, 9.17) is 0 Å². The van der Waals surface area contributed by atoms with Gasteiger partial charge in [-0.1, -0.05) is 23.4 Å². The maximum atomic E-state index is 13.0. The predicted molar refractivity (Wildman–Crippen MR) is 110 cm³/mol. The van der Waals surface area contributed by atoms with Crippen molar-refractivity contribution in [2.75, 3.05) is 11.9 Å². The molecule has 1 amide bonds. The first kappa shape index (κ1) is 17.4. The first-order chi connectivity index (χ1) is 14.3. The molecule has 144 valence electrons. The average Bonchev–Trinajstić information content (AvgIpc) is 3.41. The molecule has 1 atom stereocenters. The van der Waals surface area contributed by atoms with E-state index >= 15 is 0 Å². The van der Waals surface area contributed by atoms with E-state index in [0.717, 1.165) is 35.4 Å². The van der Waals surface area contributed by atoms with Gasteiger partial charge in [0.1, 0.15) is 5.69 Å². The highest BCUT2D eigenvalue weighted by Gasteiger charge is 2.33. The van der Waals surface area contributed by atoms with Crippen LogP contribution in [0.1, 0.15) is 34.9 Å². The Labute approximate surface area is 168 Å². The summed E-state index contributed by atoms with van der Waals surface area (Å²) in [5.41, 5.74) is 4.29. The first-order valence-electron chi connectivity index (χ1n) is 9.67. The molecule has 1 fully saturated rings. The Kier molecular flexibility index (Phi) is 4.40. The van der Waals surface area contributed by atoms with E-state index in [1.165, 1.54) is 0 Å². The Balaban J connectivity index is 1.43. The van der Waals surface area contributed by atoms with Crippen molar-refractivity contribution in [2.24, 2.45) is 0 Å². The zero-order valence-electron chi connectivity index (χ0n) is 15.8. The van der Waals surface area contributed by atoms with Crippen LogP contribution in [0.3, 0.4) is 0 Å². The lowest BCUT2D eigenvalue weighted by Crippen LogP contribution is -2.30. The van der Waals surface area contributed by atoms with Crippen LogP contribution in [0.2, 0.25) is 0 Å². The second-order valence-electron chi connectivity index (χ2n) is 7.11. The summed E-state index contributed by atoms with van der Waals surface area (Å²) in [4.78, 5) is 18.9. The van der Waals surface area contributed by atoms with Crippen molar-refractivity contribution in [3.05, 3.63) is 84.4 Å². The number of nitrogens with one attached hydrogen (secondary N) is 1. The third-order valence-electron chi connectivity index (χ3n) is 5.24. The third-order valence-corrected chi connectivity index (χ3v) is 5.24. The second-order valence-corrected chi connectivity index (χ2v) is 7.11. The molecule has 0 aliphatic carbocycles. The smallest absolute Gasteiger partial charge is 0.255 e. The summed E-state index contributed by atoms with van der Waals surface area (Å²) in [6.45, 7) is 0.713. The van der Waals surface area contributed by atoms with Gasteiger partial charge in [-0.15, -0.1) is 5.10 Å². The molecule has 0 unspecified atom stereocenters. The van der Waals surface area contributed by atoms with Crippen molar-refractivity contribution in [3.63, 3.8) is 0 Å². The molecule has 4 aromatic rings. The summed E-state index contributed by atoms with van der Waals surface area (Å²) < 4.78 is 1.77. The van der Waals surface area contributed by atoms with Crippen molar-refractivity contribution in [1.29, 1.82) is 0 Å². The monoisotopic (exact) mass is 384 g/mol. The molecule has 7 heteroatoms. The third kappa shape index (κ3) is 3.31. The largest absolute Gasteiger partial charge is 0.354 e. The molecule has 4 heterocycles. The highest BCUT2D eigenvalue weighted by molar-refractivity contribution is 5.94. The first-order valence-corrected chi connectivity index (χ1v) is 9.67. The molecule has 0 bridgehead atoms. The molecule has 1 aliphatic heterocycles. The number of anilines is 2. The van der Waals surface area contributed by atoms with Crippen molar-refractivity contribution >= 4 is 22.8 Å². The topological polar surface area (TPSA) is 75.4 Å². The molecule has 1 aromatic carbocycles. The maximum absolute atomic E-state index is 13.0. The van der Waals surface area contributed by atoms with Crippen LogP contribution in [0.15, 0.2) is 73.2 Å². The summed E-state index contributed by atoms with van der Waals surface area (Å²) in [6.07, 6.45) is 7.03. The number of carbonyl (C=O) groups excluding carboxylic acids is 1. The molecule has 1 saturated heterocycles. The van der Waals surface area contributed by atoms with Gasteiger partial charge < -0.3 is 10.2 Å². The zero-order chi connectivity index (χ0) is 19.6. The van der Waals surface area contributed by atoms with Crippen LogP contribution < -0.4 is 5.32 Å². The quantitative estimate of drug-likeness (QED) is 0.578. The van der Waals surface area contributed by atoms with E-state index < -0.39 is 0 Å². The Morgan fingerprint density at radius 2 is 1.93 bits per heavy atom. The average molecular weight is 384 g/mol. The normalized spacial score (nSPS) is 16.3. The molecule has 1 N–H and O–H groups in total. The molecule has 0 saturated carbocycles. The maximum Gasteiger partial charge on any atom is 0.255 e. The SMILES string of the molecule is O=C(c1cccnc1)N1CCC[C@@H]1c1nnn2cc(Nc3ccccc3)ccc12. The number of amides is 1. The van der Waals surface area contributed by atoms with Gasteiger partial charge in [0.15, 0.2) is 0 Å². The lowest BCUT2D eigenvalue weighted by Gasteiger charge is -2.23. The minimum absolute atomic E-state index is 0.0101. The number of para-hydroxylation sites is 1. The van der Waals surface area contributed by atoms with Crippen LogP contribution >= 0.6 is 0 Å². The van der Waals surface area contributed by atoms with Gasteiger partial charge >= 0.3 is 0 Å². The summed E-state index contributed by atoms with van der Waals surface area (Å²) in [5, 5.41) is 12.1. The van der Waals surface area contributed by atoms with Crippen LogP contribution in [-0.2, 0) is 0 Å². The lowest BCUT2D eigenvalue weighted by molar-refractivity contribution is 0.0733. The number of hydrogen-bond acceptors (Lipinski definition) is 5. The van der Waals surface area contributed by atoms with Crippen LogP contribution in [0.25, 0.3) is 5.52 Å². The second kappa shape index (κ2) is 7.35. The van der Waals surface area contributed by atoms with Gasteiger partial charge in [0.05, 0.1) is 29.0 Å². The van der Waals surface area contributed by atoms with Gasteiger partial charge in [-0.3, -0.25) is 9.78 Å². The van der Waals surface area contributed by atoms with Gasteiger partial charge in [-0.2, -0.15) is 0 Å². The summed E-state index contributed by atoms with van der Waals surface area (Å²) in [7, 11) is 0. The lowest BCUT2D eigenvalue weighted by atomic mass is 10.1. The minimum Gasteiger partial charge on any atom is -0.354 e. The van der Waals surface area contributed by atoms with Gasteiger partial charge in [0.2, 0.25) is 0 Å². The molecular formula is C22H20N6O. The number of nitrogens with zero attached hydrogens (tertiary/aromatic N) is 5. The van der Waals surface area contributed by atoms with Gasteiger partial charge in [-0.25, -0.2) is 4.52 Å². The molecule has 29 heavy (non-hydrogen) atoms. The van der Waals surface area contributed by atoms with E-state index in [-0.39, 0.29) is 11.9 Å². The molecule has 0 radical (unpaired) electrons. The highest BCUT2D eigenvalue weighted by atomic mass is 16.2. The van der Waals surface area contributed by atoms with Crippen LogP contribution in [0.5, 0.6) is 0 Å².